The van der Waals surface area contributed by atoms with Crippen LogP contribution in [0.3, 0.4) is 0 Å². The minimum absolute atomic E-state index is 0.0444. The molecule has 0 bridgehead atoms. The zero-order valence-corrected chi connectivity index (χ0v) is 13.7. The number of rotatable bonds is 2. The summed E-state index contributed by atoms with van der Waals surface area (Å²) in [5.74, 6) is 1.62. The van der Waals surface area contributed by atoms with Gasteiger partial charge in [-0.15, -0.1) is 0 Å². The van der Waals surface area contributed by atoms with E-state index in [9.17, 15) is 4.79 Å². The van der Waals surface area contributed by atoms with Crippen LogP contribution < -0.4 is 0 Å². The molecule has 0 saturated heterocycles. The quantitative estimate of drug-likeness (QED) is 0.742. The van der Waals surface area contributed by atoms with Crippen LogP contribution in [0.5, 0.6) is 0 Å². The van der Waals surface area contributed by atoms with E-state index >= 15 is 0 Å². The Bertz CT molecular complexity index is 923. The third-order valence-electron chi connectivity index (χ3n) is 5.04. The lowest BCUT2D eigenvalue weighted by molar-refractivity contribution is 0.0720. The van der Waals surface area contributed by atoms with Crippen molar-refractivity contribution in [2.45, 2.75) is 38.6 Å². The number of nitrogens with zero attached hydrogens (tertiary/aromatic N) is 4. The normalized spacial score (nSPS) is 16.6. The van der Waals surface area contributed by atoms with E-state index in [4.69, 9.17) is 4.52 Å². The second-order valence-electron chi connectivity index (χ2n) is 6.61. The Hall–Kier alpha value is -2.90. The minimum atomic E-state index is -0.0444. The highest BCUT2D eigenvalue weighted by Gasteiger charge is 2.30. The zero-order valence-electron chi connectivity index (χ0n) is 13.7. The molecule has 4 heterocycles. The number of aromatic nitrogens is 5. The molecule has 25 heavy (non-hydrogen) atoms. The second kappa shape index (κ2) is 5.58. The van der Waals surface area contributed by atoms with E-state index in [-0.39, 0.29) is 5.91 Å². The molecule has 0 aromatic carbocycles. The van der Waals surface area contributed by atoms with Crippen LogP contribution in [0.1, 0.15) is 46.0 Å². The van der Waals surface area contributed by atoms with E-state index in [0.29, 0.717) is 18.8 Å². The van der Waals surface area contributed by atoms with Crippen LogP contribution >= 0.6 is 0 Å². The molecule has 2 N–H and O–H groups in total. The third kappa shape index (κ3) is 2.36. The number of carbonyl (C=O) groups excluding carboxylic acids is 1. The highest BCUT2D eigenvalue weighted by molar-refractivity contribution is 5.94. The summed E-state index contributed by atoms with van der Waals surface area (Å²) in [7, 11) is 0. The number of amides is 1. The third-order valence-corrected chi connectivity index (χ3v) is 5.04. The highest BCUT2D eigenvalue weighted by Crippen LogP contribution is 2.27. The Labute approximate surface area is 143 Å². The van der Waals surface area contributed by atoms with Gasteiger partial charge in [0.05, 0.1) is 29.7 Å². The van der Waals surface area contributed by atoms with Crippen molar-refractivity contribution in [1.29, 1.82) is 0 Å². The summed E-state index contributed by atoms with van der Waals surface area (Å²) in [5, 5.41) is 10.8. The first-order chi connectivity index (χ1) is 12.3. The van der Waals surface area contributed by atoms with E-state index < -0.39 is 0 Å². The Morgan fingerprint density at radius 3 is 3.04 bits per heavy atom. The van der Waals surface area contributed by atoms with E-state index in [1.54, 1.807) is 12.4 Å². The van der Waals surface area contributed by atoms with Gasteiger partial charge in [0.2, 0.25) is 0 Å². The van der Waals surface area contributed by atoms with Gasteiger partial charge >= 0.3 is 0 Å². The van der Waals surface area contributed by atoms with E-state index in [2.05, 4.69) is 25.3 Å². The average Bonchev–Trinajstić information content (AvgIpc) is 3.38. The van der Waals surface area contributed by atoms with Crippen LogP contribution in [0.25, 0.3) is 11.4 Å². The van der Waals surface area contributed by atoms with E-state index in [0.717, 1.165) is 66.2 Å². The van der Waals surface area contributed by atoms with Gasteiger partial charge in [0.25, 0.3) is 5.91 Å². The fraction of sp³-hybridized carbons (Fsp3) is 0.412. The number of hydrogen-bond donors (Lipinski definition) is 2. The Kier molecular flexibility index (Phi) is 3.22. The summed E-state index contributed by atoms with van der Waals surface area (Å²) in [6, 6.07) is 0. The fourth-order valence-corrected chi connectivity index (χ4v) is 3.69. The van der Waals surface area contributed by atoms with Gasteiger partial charge in [-0.1, -0.05) is 5.16 Å². The number of hydrogen-bond acceptors (Lipinski definition) is 5. The topological polar surface area (TPSA) is 104 Å². The van der Waals surface area contributed by atoms with Gasteiger partial charge in [0.15, 0.2) is 5.69 Å². The number of aryl methyl sites for hydroxylation is 1. The molecule has 0 fully saturated rings. The van der Waals surface area contributed by atoms with Crippen LogP contribution in [0.2, 0.25) is 0 Å². The largest absolute Gasteiger partial charge is 0.360 e. The molecule has 5 rings (SSSR count). The maximum atomic E-state index is 12.9. The van der Waals surface area contributed by atoms with E-state index in [1.165, 1.54) is 0 Å². The Morgan fingerprint density at radius 1 is 1.24 bits per heavy atom. The number of H-pyrrole nitrogens is 2. The summed E-state index contributed by atoms with van der Waals surface area (Å²) < 4.78 is 5.39. The molecule has 3 aromatic rings. The molecule has 8 heteroatoms. The molecule has 0 atom stereocenters. The Balaban J connectivity index is 1.40. The van der Waals surface area contributed by atoms with Gasteiger partial charge in [-0.25, -0.2) is 4.98 Å². The molecule has 0 radical (unpaired) electrons. The van der Waals surface area contributed by atoms with Crippen LogP contribution in [-0.4, -0.2) is 42.7 Å². The maximum Gasteiger partial charge on any atom is 0.276 e. The number of imidazole rings is 1. The smallest absolute Gasteiger partial charge is 0.276 e. The molecule has 1 amide bonds. The summed E-state index contributed by atoms with van der Waals surface area (Å²) in [6.45, 7) is 1.16. The number of fused-ring (bicyclic) bond motifs is 2. The molecule has 128 valence electrons. The lowest BCUT2D eigenvalue weighted by Gasteiger charge is -2.25. The van der Waals surface area contributed by atoms with Crippen molar-refractivity contribution >= 4 is 5.91 Å². The van der Waals surface area contributed by atoms with E-state index in [1.807, 2.05) is 4.90 Å². The van der Waals surface area contributed by atoms with Gasteiger partial charge in [0.1, 0.15) is 11.6 Å². The fourth-order valence-electron chi connectivity index (χ4n) is 3.69. The first-order valence-corrected chi connectivity index (χ1v) is 8.63. The lowest BCUT2D eigenvalue weighted by Crippen LogP contribution is -2.36. The summed E-state index contributed by atoms with van der Waals surface area (Å²) in [4.78, 5) is 22.7. The van der Waals surface area contributed by atoms with Crippen molar-refractivity contribution in [3.05, 3.63) is 40.8 Å². The van der Waals surface area contributed by atoms with Gasteiger partial charge in [-0.3, -0.25) is 9.89 Å². The summed E-state index contributed by atoms with van der Waals surface area (Å²) in [6.07, 6.45) is 8.22. The van der Waals surface area contributed by atoms with Gasteiger partial charge in [-0.2, -0.15) is 5.10 Å². The number of aromatic amines is 2. The van der Waals surface area contributed by atoms with Crippen LogP contribution in [0.4, 0.5) is 0 Å². The standard InChI is InChI=1S/C17H18N6O2/c24-17(15-11-3-1-2-4-14(11)25-22-15)23-6-5-12-13(9-23)21-16(20-12)10-7-18-19-8-10/h7-8H,1-6,9H2,(H,18,19)(H,20,21). The van der Waals surface area contributed by atoms with Crippen molar-refractivity contribution in [2.75, 3.05) is 6.54 Å². The predicted molar refractivity (Wildman–Crippen MR) is 87.8 cm³/mol. The highest BCUT2D eigenvalue weighted by atomic mass is 16.5. The molecular weight excluding hydrogens is 320 g/mol. The van der Waals surface area contributed by atoms with Crippen molar-refractivity contribution in [3.8, 4) is 11.4 Å². The van der Waals surface area contributed by atoms with Crippen LogP contribution in [0.15, 0.2) is 16.9 Å². The zero-order chi connectivity index (χ0) is 16.8. The molecule has 1 aliphatic carbocycles. The van der Waals surface area contributed by atoms with Crippen molar-refractivity contribution in [1.82, 2.24) is 30.2 Å². The van der Waals surface area contributed by atoms with Crippen LogP contribution in [0, 0.1) is 0 Å². The molecule has 0 saturated carbocycles. The van der Waals surface area contributed by atoms with Crippen molar-refractivity contribution in [2.24, 2.45) is 0 Å². The minimum Gasteiger partial charge on any atom is -0.360 e. The van der Waals surface area contributed by atoms with Gasteiger partial charge in [-0.05, 0) is 19.3 Å². The number of nitrogens with one attached hydrogen (secondary N) is 2. The monoisotopic (exact) mass is 338 g/mol. The average molecular weight is 338 g/mol. The second-order valence-corrected chi connectivity index (χ2v) is 6.61. The van der Waals surface area contributed by atoms with Crippen molar-refractivity contribution in [3.63, 3.8) is 0 Å². The molecule has 2 aliphatic rings. The first kappa shape index (κ1) is 14.4. The SMILES string of the molecule is O=C(c1noc2c1CCCC2)N1CCc2nc(-c3cn[nH]c3)[nH]c2C1. The predicted octanol–water partition coefficient (Wildman–Crippen LogP) is 1.87. The number of carbonyl (C=O) groups is 1. The Morgan fingerprint density at radius 2 is 2.16 bits per heavy atom. The summed E-state index contributed by atoms with van der Waals surface area (Å²) >= 11 is 0. The van der Waals surface area contributed by atoms with Crippen molar-refractivity contribution < 1.29 is 9.32 Å². The molecule has 3 aromatic heterocycles. The van der Waals surface area contributed by atoms with Gasteiger partial charge < -0.3 is 14.4 Å². The molecular formula is C17H18N6O2. The first-order valence-electron chi connectivity index (χ1n) is 8.63. The van der Waals surface area contributed by atoms with Crippen LogP contribution in [-0.2, 0) is 25.8 Å². The molecule has 1 aliphatic heterocycles. The summed E-state index contributed by atoms with van der Waals surface area (Å²) in [5.41, 5.74) is 4.41. The maximum absolute atomic E-state index is 12.9. The molecule has 0 unspecified atom stereocenters. The molecule has 0 spiro atoms. The molecule has 8 nitrogen and oxygen atoms in total. The lowest BCUT2D eigenvalue weighted by atomic mass is 9.96. The van der Waals surface area contributed by atoms with Gasteiger partial charge in [0, 0.05) is 31.1 Å².